The van der Waals surface area contributed by atoms with Crippen LogP contribution in [0.4, 0.5) is 19.1 Å². The Labute approximate surface area is 106 Å². The summed E-state index contributed by atoms with van der Waals surface area (Å²) in [6, 6.07) is 0.895. The van der Waals surface area contributed by atoms with Gasteiger partial charge in [-0.1, -0.05) is 5.16 Å². The van der Waals surface area contributed by atoms with Crippen LogP contribution in [-0.4, -0.2) is 15.1 Å². The Morgan fingerprint density at radius 1 is 1.26 bits per heavy atom. The molecule has 8 heteroatoms. The topological polar surface area (TPSA) is 63.8 Å². The first-order valence-electron chi connectivity index (χ1n) is 5.43. The third-order valence-electron chi connectivity index (χ3n) is 2.41. The molecule has 0 aliphatic heterocycles. The summed E-state index contributed by atoms with van der Waals surface area (Å²) in [6.07, 6.45) is -3.04. The van der Waals surface area contributed by atoms with Gasteiger partial charge < -0.3 is 9.84 Å². The van der Waals surface area contributed by atoms with E-state index >= 15 is 0 Å². The summed E-state index contributed by atoms with van der Waals surface area (Å²) in [4.78, 5) is 7.32. The Balaban J connectivity index is 2.17. The number of nitrogens with zero attached hydrogens (tertiary/aromatic N) is 3. The SMILES string of the molecule is Cc1cc(C(F)(F)F)nc(NCc2nocc2C)n1. The predicted molar refractivity (Wildman–Crippen MR) is 60.3 cm³/mol. The Kier molecular flexibility index (Phi) is 3.41. The highest BCUT2D eigenvalue weighted by Gasteiger charge is 2.33. The Hall–Kier alpha value is -2.12. The first kappa shape index (κ1) is 13.3. The molecular weight excluding hydrogens is 261 g/mol. The van der Waals surface area contributed by atoms with Crippen molar-refractivity contribution in [2.75, 3.05) is 5.32 Å². The molecule has 1 N–H and O–H groups in total. The molecule has 2 rings (SSSR count). The van der Waals surface area contributed by atoms with Crippen LogP contribution < -0.4 is 5.32 Å². The fourth-order valence-corrected chi connectivity index (χ4v) is 1.44. The zero-order valence-electron chi connectivity index (χ0n) is 10.2. The minimum absolute atomic E-state index is 0.0882. The molecule has 2 aromatic heterocycles. The van der Waals surface area contributed by atoms with Crippen molar-refractivity contribution in [2.45, 2.75) is 26.6 Å². The van der Waals surface area contributed by atoms with Crippen LogP contribution >= 0.6 is 0 Å². The fourth-order valence-electron chi connectivity index (χ4n) is 1.44. The number of nitrogens with one attached hydrogen (secondary N) is 1. The van der Waals surface area contributed by atoms with Crippen molar-refractivity contribution in [3.63, 3.8) is 0 Å². The molecule has 0 aliphatic rings. The van der Waals surface area contributed by atoms with Crippen molar-refractivity contribution in [3.8, 4) is 0 Å². The normalized spacial score (nSPS) is 11.6. The number of aryl methyl sites for hydroxylation is 2. The van der Waals surface area contributed by atoms with Gasteiger partial charge in [-0.3, -0.25) is 0 Å². The van der Waals surface area contributed by atoms with Gasteiger partial charge in [-0.05, 0) is 19.9 Å². The molecule has 2 heterocycles. The van der Waals surface area contributed by atoms with Crippen LogP contribution in [0.2, 0.25) is 0 Å². The summed E-state index contributed by atoms with van der Waals surface area (Å²) < 4.78 is 42.5. The van der Waals surface area contributed by atoms with Gasteiger partial charge in [0.05, 0.1) is 6.54 Å². The van der Waals surface area contributed by atoms with Crippen LogP contribution in [-0.2, 0) is 12.7 Å². The molecule has 0 fully saturated rings. The molecule has 0 atom stereocenters. The zero-order chi connectivity index (χ0) is 14.0. The van der Waals surface area contributed by atoms with E-state index < -0.39 is 11.9 Å². The van der Waals surface area contributed by atoms with E-state index in [0.717, 1.165) is 11.6 Å². The summed E-state index contributed by atoms with van der Waals surface area (Å²) >= 11 is 0. The van der Waals surface area contributed by atoms with E-state index in [1.807, 2.05) is 0 Å². The molecule has 0 saturated heterocycles. The molecule has 0 radical (unpaired) electrons. The first-order chi connectivity index (χ1) is 8.86. The summed E-state index contributed by atoms with van der Waals surface area (Å²) in [5, 5.41) is 6.41. The van der Waals surface area contributed by atoms with Crippen molar-refractivity contribution < 1.29 is 17.7 Å². The summed E-state index contributed by atoms with van der Waals surface area (Å²) in [5.41, 5.74) is 0.663. The van der Waals surface area contributed by atoms with E-state index in [1.54, 1.807) is 6.92 Å². The average Bonchev–Trinajstić information content (AvgIpc) is 2.70. The second-order valence-corrected chi connectivity index (χ2v) is 4.01. The number of hydrogen-bond acceptors (Lipinski definition) is 5. The zero-order valence-corrected chi connectivity index (χ0v) is 10.2. The van der Waals surface area contributed by atoms with E-state index in [2.05, 4.69) is 20.4 Å². The molecule has 0 aromatic carbocycles. The largest absolute Gasteiger partial charge is 0.433 e. The highest BCUT2D eigenvalue weighted by Crippen LogP contribution is 2.28. The molecule has 102 valence electrons. The lowest BCUT2D eigenvalue weighted by molar-refractivity contribution is -0.141. The van der Waals surface area contributed by atoms with Crippen LogP contribution in [0, 0.1) is 13.8 Å². The number of rotatable bonds is 3. The van der Waals surface area contributed by atoms with Gasteiger partial charge in [0, 0.05) is 11.3 Å². The van der Waals surface area contributed by atoms with Crippen LogP contribution in [0.3, 0.4) is 0 Å². The third-order valence-corrected chi connectivity index (χ3v) is 2.41. The van der Waals surface area contributed by atoms with Crippen molar-refractivity contribution in [1.82, 2.24) is 15.1 Å². The maximum absolute atomic E-state index is 12.6. The van der Waals surface area contributed by atoms with Crippen molar-refractivity contribution >= 4 is 5.95 Å². The van der Waals surface area contributed by atoms with Gasteiger partial charge in [-0.15, -0.1) is 0 Å². The summed E-state index contributed by atoms with van der Waals surface area (Å²) in [6.45, 7) is 3.46. The molecule has 0 spiro atoms. The van der Waals surface area contributed by atoms with Crippen molar-refractivity contribution in [2.24, 2.45) is 0 Å². The van der Waals surface area contributed by atoms with Gasteiger partial charge in [0.25, 0.3) is 0 Å². The quantitative estimate of drug-likeness (QED) is 0.930. The smallest absolute Gasteiger partial charge is 0.364 e. The van der Waals surface area contributed by atoms with Crippen LogP contribution in [0.5, 0.6) is 0 Å². The van der Waals surface area contributed by atoms with E-state index in [0.29, 0.717) is 5.69 Å². The van der Waals surface area contributed by atoms with E-state index in [1.165, 1.54) is 13.2 Å². The predicted octanol–water partition coefficient (Wildman–Crippen LogP) is 2.71. The molecule has 0 unspecified atom stereocenters. The molecule has 0 amide bonds. The molecular formula is C11H11F3N4O. The highest BCUT2D eigenvalue weighted by atomic mass is 19.4. The van der Waals surface area contributed by atoms with E-state index in [9.17, 15) is 13.2 Å². The lowest BCUT2D eigenvalue weighted by Gasteiger charge is -2.09. The van der Waals surface area contributed by atoms with Gasteiger partial charge in [0.1, 0.15) is 17.7 Å². The van der Waals surface area contributed by atoms with E-state index in [-0.39, 0.29) is 18.2 Å². The number of alkyl halides is 3. The van der Waals surface area contributed by atoms with Gasteiger partial charge in [0.15, 0.2) is 0 Å². The summed E-state index contributed by atoms with van der Waals surface area (Å²) in [7, 11) is 0. The summed E-state index contributed by atoms with van der Waals surface area (Å²) in [5.74, 6) is -0.0882. The second-order valence-electron chi connectivity index (χ2n) is 4.01. The molecule has 5 nitrogen and oxygen atoms in total. The lowest BCUT2D eigenvalue weighted by atomic mass is 10.3. The standard InChI is InChI=1S/C11H11F3N4O/c1-6-5-19-18-8(6)4-15-10-16-7(2)3-9(17-10)11(12,13)14/h3,5H,4H2,1-2H3,(H,15,16,17). The van der Waals surface area contributed by atoms with E-state index in [4.69, 9.17) is 4.52 Å². The Morgan fingerprint density at radius 2 is 2.00 bits per heavy atom. The van der Waals surface area contributed by atoms with Gasteiger partial charge in [-0.25, -0.2) is 9.97 Å². The highest BCUT2D eigenvalue weighted by molar-refractivity contribution is 5.30. The second kappa shape index (κ2) is 4.87. The molecule has 2 aromatic rings. The Morgan fingerprint density at radius 3 is 2.58 bits per heavy atom. The lowest BCUT2D eigenvalue weighted by Crippen LogP contribution is -2.13. The van der Waals surface area contributed by atoms with Crippen LogP contribution in [0.15, 0.2) is 16.9 Å². The minimum Gasteiger partial charge on any atom is -0.364 e. The molecule has 0 saturated carbocycles. The van der Waals surface area contributed by atoms with Crippen LogP contribution in [0.1, 0.15) is 22.6 Å². The van der Waals surface area contributed by atoms with Gasteiger partial charge in [-0.2, -0.15) is 13.2 Å². The number of anilines is 1. The van der Waals surface area contributed by atoms with Gasteiger partial charge in [0.2, 0.25) is 5.95 Å². The molecule has 19 heavy (non-hydrogen) atoms. The first-order valence-corrected chi connectivity index (χ1v) is 5.43. The Bertz CT molecular complexity index is 580. The number of halogens is 3. The van der Waals surface area contributed by atoms with Crippen LogP contribution in [0.25, 0.3) is 0 Å². The fraction of sp³-hybridized carbons (Fsp3) is 0.364. The maximum atomic E-state index is 12.6. The monoisotopic (exact) mass is 272 g/mol. The minimum atomic E-state index is -4.49. The number of aromatic nitrogens is 3. The third kappa shape index (κ3) is 3.21. The molecule has 0 aliphatic carbocycles. The van der Waals surface area contributed by atoms with Crippen molar-refractivity contribution in [1.29, 1.82) is 0 Å². The maximum Gasteiger partial charge on any atom is 0.433 e. The molecule has 0 bridgehead atoms. The number of hydrogen-bond donors (Lipinski definition) is 1. The average molecular weight is 272 g/mol. The van der Waals surface area contributed by atoms with Crippen molar-refractivity contribution in [3.05, 3.63) is 35.0 Å². The van der Waals surface area contributed by atoms with Gasteiger partial charge >= 0.3 is 6.18 Å².